The van der Waals surface area contributed by atoms with Gasteiger partial charge < -0.3 is 9.47 Å². The number of carbonyl (C=O) groups excluding carboxylic acids is 1. The van der Waals surface area contributed by atoms with Crippen molar-refractivity contribution in [2.24, 2.45) is 5.41 Å². The highest BCUT2D eigenvalue weighted by Crippen LogP contribution is 2.37. The quantitative estimate of drug-likeness (QED) is 0.354. The van der Waals surface area contributed by atoms with E-state index in [0.717, 1.165) is 6.42 Å². The zero-order chi connectivity index (χ0) is 23.5. The fraction of sp³-hybridized carbons (Fsp3) is 0.654. The van der Waals surface area contributed by atoms with Crippen LogP contribution in [0.4, 0.5) is 0 Å². The molecule has 0 spiro atoms. The Hall–Kier alpha value is -1.79. The van der Waals surface area contributed by atoms with E-state index in [1.165, 1.54) is 5.56 Å². The molecule has 0 saturated heterocycles. The van der Waals surface area contributed by atoms with E-state index in [4.69, 9.17) is 9.47 Å². The Labute approximate surface area is 180 Å². The van der Waals surface area contributed by atoms with Gasteiger partial charge in [-0.25, -0.2) is 4.79 Å². The molecule has 3 heteroatoms. The standard InChI is InChI=1S/C22H36O3.C2H6.C2H2/c1-10-21(6,7)16(2)17-11-13-18(14-12-17)19(23)25-22(8,9)15-24-20(3,4)5;2*1-2/h11-14,16H,10,15H2,1-9H3;1-2H3;1-2H. The van der Waals surface area contributed by atoms with Gasteiger partial charge in [0.05, 0.1) is 17.8 Å². The number of carbonyl (C=O) groups is 1. The van der Waals surface area contributed by atoms with Crippen molar-refractivity contribution >= 4 is 5.97 Å². The van der Waals surface area contributed by atoms with Gasteiger partial charge >= 0.3 is 5.97 Å². The third kappa shape index (κ3) is 11.1. The lowest BCUT2D eigenvalue weighted by Crippen LogP contribution is -2.37. The number of hydrogen-bond acceptors (Lipinski definition) is 3. The van der Waals surface area contributed by atoms with E-state index in [0.29, 0.717) is 18.1 Å². The molecule has 0 aromatic heterocycles. The van der Waals surface area contributed by atoms with Gasteiger partial charge in [0.2, 0.25) is 0 Å². The minimum atomic E-state index is -0.666. The van der Waals surface area contributed by atoms with Crippen molar-refractivity contribution in [3.8, 4) is 12.8 Å². The van der Waals surface area contributed by atoms with Gasteiger partial charge in [-0.1, -0.05) is 60.1 Å². The lowest BCUT2D eigenvalue weighted by molar-refractivity contribution is -0.0917. The van der Waals surface area contributed by atoms with Crippen LogP contribution in [0.25, 0.3) is 0 Å². The van der Waals surface area contributed by atoms with Gasteiger partial charge in [-0.15, -0.1) is 12.8 Å². The van der Waals surface area contributed by atoms with Crippen LogP contribution in [0.3, 0.4) is 0 Å². The summed E-state index contributed by atoms with van der Waals surface area (Å²) in [6, 6.07) is 7.80. The molecule has 0 bridgehead atoms. The Morgan fingerprint density at radius 3 is 1.79 bits per heavy atom. The van der Waals surface area contributed by atoms with E-state index in [1.54, 1.807) is 0 Å². The molecule has 1 atom stereocenters. The van der Waals surface area contributed by atoms with Crippen LogP contribution in [-0.2, 0) is 9.47 Å². The van der Waals surface area contributed by atoms with Crippen LogP contribution in [0, 0.1) is 18.3 Å². The molecule has 0 aliphatic carbocycles. The number of benzene rings is 1. The SMILES string of the molecule is C#C.CC.CCC(C)(C)C(C)c1ccc(C(=O)OC(C)(C)COC(C)(C)C)cc1. The Bertz CT molecular complexity index is 601. The van der Waals surface area contributed by atoms with Gasteiger partial charge in [-0.3, -0.25) is 0 Å². The molecular formula is C26H44O3. The molecule has 1 aromatic carbocycles. The zero-order valence-corrected chi connectivity index (χ0v) is 20.7. The molecule has 0 aliphatic heterocycles. The Balaban J connectivity index is 0. The van der Waals surface area contributed by atoms with Crippen LogP contribution in [0.2, 0.25) is 0 Å². The molecule has 1 rings (SSSR count). The minimum absolute atomic E-state index is 0.230. The molecule has 0 amide bonds. The van der Waals surface area contributed by atoms with Crippen molar-refractivity contribution in [2.45, 2.75) is 99.7 Å². The second-order valence-corrected chi connectivity index (χ2v) is 9.24. The lowest BCUT2D eigenvalue weighted by atomic mass is 9.74. The number of terminal acetylenes is 1. The van der Waals surface area contributed by atoms with Crippen LogP contribution < -0.4 is 0 Å². The molecule has 0 aliphatic rings. The highest BCUT2D eigenvalue weighted by atomic mass is 16.6. The fourth-order valence-corrected chi connectivity index (χ4v) is 2.39. The summed E-state index contributed by atoms with van der Waals surface area (Å²) in [6.07, 6.45) is 9.11. The summed E-state index contributed by atoms with van der Waals surface area (Å²) in [5, 5.41) is 0. The Morgan fingerprint density at radius 1 is 0.966 bits per heavy atom. The molecule has 0 saturated carbocycles. The predicted molar refractivity (Wildman–Crippen MR) is 125 cm³/mol. The first kappa shape index (κ1) is 29.4. The van der Waals surface area contributed by atoms with Crippen molar-refractivity contribution in [2.75, 3.05) is 6.61 Å². The highest BCUT2D eigenvalue weighted by molar-refractivity contribution is 5.89. The third-order valence-electron chi connectivity index (χ3n) is 4.95. The maximum absolute atomic E-state index is 12.4. The molecule has 0 fully saturated rings. The van der Waals surface area contributed by atoms with Gasteiger partial charge in [0.15, 0.2) is 0 Å². The van der Waals surface area contributed by atoms with Crippen LogP contribution in [0.5, 0.6) is 0 Å². The first-order valence-electron chi connectivity index (χ1n) is 10.6. The smallest absolute Gasteiger partial charge is 0.338 e. The summed E-state index contributed by atoms with van der Waals surface area (Å²) >= 11 is 0. The van der Waals surface area contributed by atoms with Gasteiger partial charge in [-0.05, 0) is 63.6 Å². The van der Waals surface area contributed by atoms with E-state index in [-0.39, 0.29) is 17.0 Å². The summed E-state index contributed by atoms with van der Waals surface area (Å²) in [5.41, 5.74) is 1.13. The Morgan fingerprint density at radius 2 is 1.41 bits per heavy atom. The first-order chi connectivity index (χ1) is 13.3. The highest BCUT2D eigenvalue weighted by Gasteiger charge is 2.28. The minimum Gasteiger partial charge on any atom is -0.454 e. The summed E-state index contributed by atoms with van der Waals surface area (Å²) < 4.78 is 11.4. The lowest BCUT2D eigenvalue weighted by Gasteiger charge is -2.31. The van der Waals surface area contributed by atoms with E-state index >= 15 is 0 Å². The van der Waals surface area contributed by atoms with Crippen LogP contribution in [0.1, 0.15) is 104 Å². The second-order valence-electron chi connectivity index (χ2n) is 9.24. The molecule has 1 aromatic rings. The maximum atomic E-state index is 12.4. The van der Waals surface area contributed by atoms with Crippen LogP contribution in [0.15, 0.2) is 24.3 Å². The number of esters is 1. The van der Waals surface area contributed by atoms with Gasteiger partial charge in [-0.2, -0.15) is 0 Å². The van der Waals surface area contributed by atoms with Gasteiger partial charge in [0, 0.05) is 0 Å². The topological polar surface area (TPSA) is 35.5 Å². The average Bonchev–Trinajstić information content (AvgIpc) is 2.68. The monoisotopic (exact) mass is 404 g/mol. The van der Waals surface area contributed by atoms with Crippen molar-refractivity contribution in [3.63, 3.8) is 0 Å². The third-order valence-corrected chi connectivity index (χ3v) is 4.95. The largest absolute Gasteiger partial charge is 0.454 e. The van der Waals surface area contributed by atoms with Crippen molar-refractivity contribution in [3.05, 3.63) is 35.4 Å². The van der Waals surface area contributed by atoms with E-state index in [2.05, 4.69) is 40.5 Å². The van der Waals surface area contributed by atoms with Crippen molar-refractivity contribution in [1.29, 1.82) is 0 Å². The number of hydrogen-bond donors (Lipinski definition) is 0. The molecule has 29 heavy (non-hydrogen) atoms. The molecular weight excluding hydrogens is 360 g/mol. The van der Waals surface area contributed by atoms with Gasteiger partial charge in [0.1, 0.15) is 5.60 Å². The summed E-state index contributed by atoms with van der Waals surface area (Å²) in [6.45, 7) is 23.1. The normalized spacial score (nSPS) is 12.6. The van der Waals surface area contributed by atoms with Crippen molar-refractivity contribution < 1.29 is 14.3 Å². The molecule has 3 nitrogen and oxygen atoms in total. The zero-order valence-electron chi connectivity index (χ0n) is 20.7. The molecule has 166 valence electrons. The second kappa shape index (κ2) is 12.7. The summed E-state index contributed by atoms with van der Waals surface area (Å²) in [7, 11) is 0. The first-order valence-corrected chi connectivity index (χ1v) is 10.6. The van der Waals surface area contributed by atoms with E-state index < -0.39 is 5.60 Å². The fourth-order valence-electron chi connectivity index (χ4n) is 2.39. The van der Waals surface area contributed by atoms with Crippen LogP contribution >= 0.6 is 0 Å². The maximum Gasteiger partial charge on any atom is 0.338 e. The molecule has 0 N–H and O–H groups in total. The van der Waals surface area contributed by atoms with Gasteiger partial charge in [0.25, 0.3) is 0 Å². The molecule has 1 unspecified atom stereocenters. The van der Waals surface area contributed by atoms with Crippen molar-refractivity contribution in [1.82, 2.24) is 0 Å². The van der Waals surface area contributed by atoms with Crippen LogP contribution in [-0.4, -0.2) is 23.8 Å². The van der Waals surface area contributed by atoms with E-state index in [1.807, 2.05) is 72.7 Å². The molecule has 0 radical (unpaired) electrons. The summed E-state index contributed by atoms with van der Waals surface area (Å²) in [5.74, 6) is 0.121. The van der Waals surface area contributed by atoms with E-state index in [9.17, 15) is 4.79 Å². The number of rotatable bonds is 7. The average molecular weight is 405 g/mol. The Kier molecular flexibility index (Phi) is 12.9. The molecule has 0 heterocycles. The summed E-state index contributed by atoms with van der Waals surface area (Å²) in [4.78, 5) is 12.4. The number of ether oxygens (including phenoxy) is 2. The predicted octanol–water partition coefficient (Wildman–Crippen LogP) is 7.25.